The Morgan fingerprint density at radius 2 is 1.94 bits per heavy atom. The van der Waals surface area contributed by atoms with Crippen molar-refractivity contribution in [3.63, 3.8) is 0 Å². The van der Waals surface area contributed by atoms with E-state index in [-0.39, 0.29) is 31.6 Å². The molecule has 10 nitrogen and oxygen atoms in total. The molecule has 2 aromatic carbocycles. The third kappa shape index (κ3) is 3.70. The van der Waals surface area contributed by atoms with Crippen LogP contribution in [0.5, 0.6) is 11.5 Å². The molecule has 0 saturated carbocycles. The van der Waals surface area contributed by atoms with Gasteiger partial charge in [0.1, 0.15) is 6.04 Å². The Morgan fingerprint density at radius 3 is 2.78 bits per heavy atom. The van der Waals surface area contributed by atoms with Crippen molar-refractivity contribution in [2.45, 2.75) is 32.0 Å². The summed E-state index contributed by atoms with van der Waals surface area (Å²) in [6, 6.07) is 9.45. The second kappa shape index (κ2) is 7.88. The largest absolute Gasteiger partial charge is 0.454 e. The fourth-order valence-electron chi connectivity index (χ4n) is 4.04. The third-order valence-corrected chi connectivity index (χ3v) is 5.68. The standard InChI is InChI=1S/C22H20N4O6/c27-19-6-4-16(20(28)25-19)26-10-13-2-1-12(7-15(13)21(26)29)9-23-22(30)24-14-3-5-17-18(8-14)32-11-31-17/h1-3,5,7-8,16H,4,6,9-11H2,(H2,23,24,30)(H,25,27,28). The number of carbonyl (C=O) groups excluding carboxylic acids is 4. The minimum Gasteiger partial charge on any atom is -0.454 e. The molecule has 3 aliphatic rings. The summed E-state index contributed by atoms with van der Waals surface area (Å²) in [6.45, 7) is 0.692. The first kappa shape index (κ1) is 19.9. The molecule has 3 N–H and O–H groups in total. The molecule has 5 amide bonds. The van der Waals surface area contributed by atoms with Crippen molar-refractivity contribution in [1.82, 2.24) is 15.5 Å². The summed E-state index contributed by atoms with van der Waals surface area (Å²) < 4.78 is 10.5. The highest BCUT2D eigenvalue weighted by atomic mass is 16.7. The number of hydrogen-bond donors (Lipinski definition) is 3. The van der Waals surface area contributed by atoms with Crippen LogP contribution in [-0.2, 0) is 22.7 Å². The number of amides is 5. The van der Waals surface area contributed by atoms with Gasteiger partial charge in [-0.25, -0.2) is 4.79 Å². The van der Waals surface area contributed by atoms with Crippen LogP contribution in [0.25, 0.3) is 0 Å². The van der Waals surface area contributed by atoms with E-state index in [9.17, 15) is 19.2 Å². The quantitative estimate of drug-likeness (QED) is 0.624. The Bertz CT molecular complexity index is 1150. The Labute approximate surface area is 182 Å². The van der Waals surface area contributed by atoms with Crippen LogP contribution < -0.4 is 25.4 Å². The Balaban J connectivity index is 1.20. The van der Waals surface area contributed by atoms with Crippen molar-refractivity contribution in [1.29, 1.82) is 0 Å². The van der Waals surface area contributed by atoms with Crippen molar-refractivity contribution < 1.29 is 28.7 Å². The maximum atomic E-state index is 12.9. The lowest BCUT2D eigenvalue weighted by Crippen LogP contribution is -2.52. The van der Waals surface area contributed by atoms with Crippen molar-refractivity contribution in [3.05, 3.63) is 53.1 Å². The van der Waals surface area contributed by atoms with E-state index in [2.05, 4.69) is 16.0 Å². The van der Waals surface area contributed by atoms with Gasteiger partial charge in [-0.15, -0.1) is 0 Å². The molecule has 1 unspecified atom stereocenters. The first-order valence-corrected chi connectivity index (χ1v) is 10.2. The monoisotopic (exact) mass is 436 g/mol. The fourth-order valence-corrected chi connectivity index (χ4v) is 4.04. The zero-order valence-corrected chi connectivity index (χ0v) is 17.0. The van der Waals surface area contributed by atoms with Gasteiger partial charge in [-0.2, -0.15) is 0 Å². The van der Waals surface area contributed by atoms with Crippen LogP contribution in [0.3, 0.4) is 0 Å². The lowest BCUT2D eigenvalue weighted by atomic mass is 10.0. The van der Waals surface area contributed by atoms with Gasteiger partial charge in [-0.3, -0.25) is 19.7 Å². The number of urea groups is 1. The summed E-state index contributed by atoms with van der Waals surface area (Å²) in [4.78, 5) is 50.2. The van der Waals surface area contributed by atoms with Crippen molar-refractivity contribution >= 4 is 29.4 Å². The first-order valence-electron chi connectivity index (χ1n) is 10.2. The van der Waals surface area contributed by atoms with Crippen LogP contribution >= 0.6 is 0 Å². The number of imide groups is 1. The van der Waals surface area contributed by atoms with Gasteiger partial charge < -0.3 is 25.0 Å². The molecule has 0 bridgehead atoms. The minimum atomic E-state index is -0.651. The second-order valence-electron chi connectivity index (χ2n) is 7.77. The van der Waals surface area contributed by atoms with Crippen LogP contribution in [0, 0.1) is 0 Å². The molecule has 3 heterocycles. The number of fused-ring (bicyclic) bond motifs is 2. The molecule has 1 atom stereocenters. The molecular formula is C22H20N4O6. The van der Waals surface area contributed by atoms with Gasteiger partial charge in [0.05, 0.1) is 0 Å². The van der Waals surface area contributed by atoms with E-state index in [4.69, 9.17) is 9.47 Å². The molecule has 0 aromatic heterocycles. The first-order chi connectivity index (χ1) is 15.5. The summed E-state index contributed by atoms with van der Waals surface area (Å²) in [6.07, 6.45) is 0.531. The predicted octanol–water partition coefficient (Wildman–Crippen LogP) is 1.50. The van der Waals surface area contributed by atoms with Crippen molar-refractivity contribution in [2.75, 3.05) is 12.1 Å². The third-order valence-electron chi connectivity index (χ3n) is 5.68. The molecule has 0 aliphatic carbocycles. The van der Waals surface area contributed by atoms with E-state index in [1.165, 1.54) is 4.90 Å². The van der Waals surface area contributed by atoms with E-state index in [0.717, 1.165) is 11.1 Å². The highest BCUT2D eigenvalue weighted by Gasteiger charge is 2.39. The van der Waals surface area contributed by atoms with E-state index >= 15 is 0 Å². The van der Waals surface area contributed by atoms with Gasteiger partial charge >= 0.3 is 6.03 Å². The number of nitrogens with one attached hydrogen (secondary N) is 3. The molecule has 1 fully saturated rings. The number of nitrogens with zero attached hydrogens (tertiary/aromatic N) is 1. The normalized spacial score (nSPS) is 18.9. The Hall–Kier alpha value is -4.08. The fraction of sp³-hybridized carbons (Fsp3) is 0.273. The number of piperidine rings is 1. The molecular weight excluding hydrogens is 416 g/mol. The number of ether oxygens (including phenoxy) is 2. The zero-order valence-electron chi connectivity index (χ0n) is 17.0. The topological polar surface area (TPSA) is 126 Å². The maximum absolute atomic E-state index is 12.9. The van der Waals surface area contributed by atoms with Crippen LogP contribution in [-0.4, -0.2) is 41.5 Å². The molecule has 0 spiro atoms. The molecule has 3 aliphatic heterocycles. The molecule has 5 rings (SSSR count). The smallest absolute Gasteiger partial charge is 0.319 e. The molecule has 164 valence electrons. The summed E-state index contributed by atoms with van der Waals surface area (Å²) >= 11 is 0. The van der Waals surface area contributed by atoms with E-state index in [0.29, 0.717) is 35.7 Å². The maximum Gasteiger partial charge on any atom is 0.319 e. The van der Waals surface area contributed by atoms with Crippen LogP contribution in [0.4, 0.5) is 10.5 Å². The van der Waals surface area contributed by atoms with Crippen LogP contribution in [0.2, 0.25) is 0 Å². The molecule has 1 saturated heterocycles. The number of anilines is 1. The Kier molecular flexibility index (Phi) is 4.89. The summed E-state index contributed by atoms with van der Waals surface area (Å²) in [5.41, 5.74) is 2.64. The van der Waals surface area contributed by atoms with Gasteiger partial charge in [-0.05, 0) is 35.7 Å². The van der Waals surface area contributed by atoms with E-state index in [1.807, 2.05) is 12.1 Å². The molecule has 10 heteroatoms. The highest BCUT2D eigenvalue weighted by Crippen LogP contribution is 2.34. The average molecular weight is 436 g/mol. The Morgan fingerprint density at radius 1 is 1.09 bits per heavy atom. The number of benzene rings is 2. The van der Waals surface area contributed by atoms with Crippen LogP contribution in [0.15, 0.2) is 36.4 Å². The van der Waals surface area contributed by atoms with Gasteiger partial charge in [0.15, 0.2) is 11.5 Å². The van der Waals surface area contributed by atoms with Gasteiger partial charge in [-0.1, -0.05) is 12.1 Å². The molecule has 32 heavy (non-hydrogen) atoms. The van der Waals surface area contributed by atoms with Gasteiger partial charge in [0.2, 0.25) is 18.6 Å². The van der Waals surface area contributed by atoms with Gasteiger partial charge in [0.25, 0.3) is 5.91 Å². The minimum absolute atomic E-state index is 0.156. The average Bonchev–Trinajstić information content (AvgIpc) is 3.36. The lowest BCUT2D eigenvalue weighted by molar-refractivity contribution is -0.136. The molecule has 2 aromatic rings. The van der Waals surface area contributed by atoms with E-state index in [1.54, 1.807) is 24.3 Å². The second-order valence-corrected chi connectivity index (χ2v) is 7.77. The van der Waals surface area contributed by atoms with Crippen molar-refractivity contribution in [2.24, 2.45) is 0 Å². The zero-order chi connectivity index (χ0) is 22.2. The SMILES string of the molecule is O=C1CCC(N2Cc3ccc(CNC(=O)Nc4ccc5c(c4)OCO5)cc3C2=O)C(=O)N1. The van der Waals surface area contributed by atoms with Crippen molar-refractivity contribution in [3.8, 4) is 11.5 Å². The number of hydrogen-bond acceptors (Lipinski definition) is 6. The van der Waals surface area contributed by atoms with Gasteiger partial charge in [0, 0.05) is 36.8 Å². The summed E-state index contributed by atoms with van der Waals surface area (Å²) in [7, 11) is 0. The van der Waals surface area contributed by atoms with E-state index < -0.39 is 18.0 Å². The summed E-state index contributed by atoms with van der Waals surface area (Å²) in [5.74, 6) is 0.194. The summed E-state index contributed by atoms with van der Waals surface area (Å²) in [5, 5.41) is 7.78. The predicted molar refractivity (Wildman–Crippen MR) is 111 cm³/mol. The lowest BCUT2D eigenvalue weighted by Gasteiger charge is -2.29. The highest BCUT2D eigenvalue weighted by molar-refractivity contribution is 6.05. The number of rotatable bonds is 4. The molecule has 0 radical (unpaired) electrons. The number of carbonyl (C=O) groups is 4. The van der Waals surface area contributed by atoms with Crippen LogP contribution in [0.1, 0.15) is 34.3 Å².